The van der Waals surface area contributed by atoms with Crippen molar-refractivity contribution < 1.29 is 0 Å². The van der Waals surface area contributed by atoms with Gasteiger partial charge in [-0.2, -0.15) is 0 Å². The lowest BCUT2D eigenvalue weighted by atomic mass is 10.4. The lowest BCUT2D eigenvalue weighted by Crippen LogP contribution is -2.03. The molecule has 0 aliphatic heterocycles. The molecule has 0 bridgehead atoms. The molecule has 0 spiro atoms. The van der Waals surface area contributed by atoms with Gasteiger partial charge in [0.25, 0.3) is 0 Å². The van der Waals surface area contributed by atoms with Gasteiger partial charge in [0, 0.05) is 0 Å². The van der Waals surface area contributed by atoms with E-state index in [9.17, 15) is 0 Å². The smallest absolute Gasteiger partial charge is 0.0330 e. The zero-order chi connectivity index (χ0) is 11.6. The van der Waals surface area contributed by atoms with E-state index in [1.54, 1.807) is 0 Å². The minimum Gasteiger partial charge on any atom is -0.109 e. The second kappa shape index (κ2) is 9.52. The molecule has 92 valence electrons. The summed E-state index contributed by atoms with van der Waals surface area (Å²) < 4.78 is 0. The van der Waals surface area contributed by atoms with Crippen molar-refractivity contribution >= 4 is 12.7 Å². The lowest BCUT2D eigenvalue weighted by Gasteiger charge is -2.26. The first-order valence-electron chi connectivity index (χ1n) is 6.91. The summed E-state index contributed by atoms with van der Waals surface area (Å²) >= 11 is 0. The molecule has 0 atom stereocenters. The Morgan fingerprint density at radius 3 is 1.27 bits per heavy atom. The molecule has 0 radical (unpaired) electrons. The average Bonchev–Trinajstić information content (AvgIpc) is 2.29. The predicted molar refractivity (Wildman–Crippen MR) is 78.0 cm³/mol. The molecular formula is C14H31P. The second-order valence-corrected chi connectivity index (χ2v) is 9.00. The van der Waals surface area contributed by atoms with Crippen molar-refractivity contribution in [1.82, 2.24) is 0 Å². The third-order valence-corrected chi connectivity index (χ3v) is 8.13. The van der Waals surface area contributed by atoms with Crippen molar-refractivity contribution in [2.45, 2.75) is 66.2 Å². The molecule has 0 saturated heterocycles. The summed E-state index contributed by atoms with van der Waals surface area (Å²) in [6.45, 7) is 8.65. The van der Waals surface area contributed by atoms with Gasteiger partial charge in [0.15, 0.2) is 0 Å². The summed E-state index contributed by atoms with van der Waals surface area (Å²) in [5.41, 5.74) is 0. The van der Waals surface area contributed by atoms with E-state index in [1.807, 2.05) is 0 Å². The molecule has 0 aliphatic carbocycles. The van der Waals surface area contributed by atoms with Crippen molar-refractivity contribution in [3.05, 3.63) is 0 Å². The minimum absolute atomic E-state index is 0.652. The molecule has 0 nitrogen and oxygen atoms in total. The highest BCUT2D eigenvalue weighted by atomic mass is 31.2. The van der Waals surface area contributed by atoms with E-state index in [-0.39, 0.29) is 0 Å². The molecule has 0 fully saturated rings. The van der Waals surface area contributed by atoms with E-state index < -0.39 is 6.89 Å². The van der Waals surface area contributed by atoms with Gasteiger partial charge < -0.3 is 0 Å². The van der Waals surface area contributed by atoms with Crippen LogP contribution >= 0.6 is 6.89 Å². The zero-order valence-electron chi connectivity index (χ0n) is 11.4. The van der Waals surface area contributed by atoms with Crippen LogP contribution in [0.3, 0.4) is 0 Å². The number of hydrogen-bond donors (Lipinski definition) is 0. The van der Waals surface area contributed by atoms with Crippen LogP contribution in [0.4, 0.5) is 0 Å². The molecule has 0 aromatic rings. The van der Waals surface area contributed by atoms with Crippen molar-refractivity contribution in [2.75, 3.05) is 18.5 Å². The molecule has 0 aromatic heterocycles. The monoisotopic (exact) mass is 230 g/mol. The van der Waals surface area contributed by atoms with E-state index >= 15 is 0 Å². The Morgan fingerprint density at radius 1 is 0.733 bits per heavy atom. The van der Waals surface area contributed by atoms with Crippen molar-refractivity contribution in [3.8, 4) is 0 Å². The molecular weight excluding hydrogens is 199 g/mol. The Kier molecular flexibility index (Phi) is 9.71. The maximum atomic E-state index is 2.62. The maximum absolute atomic E-state index is 2.62. The highest BCUT2D eigenvalue weighted by Crippen LogP contribution is 2.49. The van der Waals surface area contributed by atoms with Gasteiger partial charge in [-0.05, 0) is 44.7 Å². The van der Waals surface area contributed by atoms with Gasteiger partial charge in [-0.3, -0.25) is 0 Å². The third-order valence-electron chi connectivity index (χ3n) is 3.42. The van der Waals surface area contributed by atoms with Crippen LogP contribution < -0.4 is 0 Å². The summed E-state index contributed by atoms with van der Waals surface area (Å²) in [6.07, 6.45) is 13.0. The highest BCUT2D eigenvalue weighted by Gasteiger charge is 2.14. The molecule has 0 saturated carbocycles. The average molecular weight is 230 g/mol. The first kappa shape index (κ1) is 15.3. The van der Waals surface area contributed by atoms with E-state index in [1.165, 1.54) is 57.0 Å². The van der Waals surface area contributed by atoms with Gasteiger partial charge in [-0.15, -0.1) is 6.89 Å². The molecule has 0 rings (SSSR count). The SMILES string of the molecule is CC=P(CCCC)(CCCC)CCCC. The summed E-state index contributed by atoms with van der Waals surface area (Å²) in [5, 5.41) is 0. The van der Waals surface area contributed by atoms with E-state index in [2.05, 4.69) is 33.5 Å². The Morgan fingerprint density at radius 2 is 1.07 bits per heavy atom. The van der Waals surface area contributed by atoms with Gasteiger partial charge in [0.2, 0.25) is 0 Å². The fourth-order valence-corrected chi connectivity index (χ4v) is 6.43. The minimum atomic E-state index is -0.652. The fraction of sp³-hybridized carbons (Fsp3) is 0.929. The molecule has 0 unspecified atom stereocenters. The summed E-state index contributed by atoms with van der Waals surface area (Å²) in [7, 11) is 0. The molecule has 0 heterocycles. The molecule has 0 aromatic carbocycles. The van der Waals surface area contributed by atoms with Gasteiger partial charge in [0.1, 0.15) is 0 Å². The second-order valence-electron chi connectivity index (χ2n) is 4.71. The van der Waals surface area contributed by atoms with E-state index in [0.29, 0.717) is 0 Å². The lowest BCUT2D eigenvalue weighted by molar-refractivity contribution is 0.845. The largest absolute Gasteiger partial charge is 0.109 e. The van der Waals surface area contributed by atoms with Gasteiger partial charge in [-0.1, -0.05) is 45.8 Å². The van der Waals surface area contributed by atoms with Crippen LogP contribution in [-0.2, 0) is 0 Å². The normalized spacial score (nSPS) is 11.7. The van der Waals surface area contributed by atoms with Gasteiger partial charge in [0.05, 0.1) is 0 Å². The molecule has 15 heavy (non-hydrogen) atoms. The van der Waals surface area contributed by atoms with Crippen LogP contribution in [0.25, 0.3) is 0 Å². The predicted octanol–water partition coefficient (Wildman–Crippen LogP) is 5.23. The Balaban J connectivity index is 4.32. The van der Waals surface area contributed by atoms with Gasteiger partial charge >= 0.3 is 0 Å². The van der Waals surface area contributed by atoms with Crippen LogP contribution in [0.15, 0.2) is 0 Å². The van der Waals surface area contributed by atoms with Crippen molar-refractivity contribution in [3.63, 3.8) is 0 Å². The van der Waals surface area contributed by atoms with Crippen LogP contribution in [-0.4, -0.2) is 24.3 Å². The summed E-state index contributed by atoms with van der Waals surface area (Å²) in [6, 6.07) is 0. The van der Waals surface area contributed by atoms with Crippen molar-refractivity contribution in [2.24, 2.45) is 0 Å². The molecule has 0 N–H and O–H groups in total. The summed E-state index contributed by atoms with van der Waals surface area (Å²) in [5.74, 6) is 2.62. The number of hydrogen-bond acceptors (Lipinski definition) is 0. The highest BCUT2D eigenvalue weighted by molar-refractivity contribution is 7.74. The van der Waals surface area contributed by atoms with Gasteiger partial charge in [-0.25, -0.2) is 0 Å². The van der Waals surface area contributed by atoms with Crippen molar-refractivity contribution in [1.29, 1.82) is 0 Å². The Bertz CT molecular complexity index is 153. The molecule has 0 aliphatic rings. The molecule has 0 amide bonds. The van der Waals surface area contributed by atoms with E-state index in [0.717, 1.165) is 0 Å². The maximum Gasteiger partial charge on any atom is -0.0330 e. The molecule has 1 heteroatoms. The van der Waals surface area contributed by atoms with Crippen LogP contribution in [0, 0.1) is 0 Å². The first-order chi connectivity index (χ1) is 7.24. The third kappa shape index (κ3) is 6.46. The first-order valence-corrected chi connectivity index (χ1v) is 9.32. The van der Waals surface area contributed by atoms with E-state index in [4.69, 9.17) is 0 Å². The van der Waals surface area contributed by atoms with Crippen LogP contribution in [0.1, 0.15) is 66.2 Å². The zero-order valence-corrected chi connectivity index (χ0v) is 12.3. The van der Waals surface area contributed by atoms with Crippen LogP contribution in [0.2, 0.25) is 0 Å². The summed E-state index contributed by atoms with van der Waals surface area (Å²) in [4.78, 5) is 0. The van der Waals surface area contributed by atoms with Crippen LogP contribution in [0.5, 0.6) is 0 Å². The standard InChI is InChI=1S/C14H31P/c1-5-9-12-15(8-4,13-10-6-2)14-11-7-3/h8H,5-7,9-14H2,1-4H3. The number of rotatable bonds is 9. The fourth-order valence-electron chi connectivity index (χ4n) is 2.14. The Hall–Kier alpha value is 0.300. The Labute approximate surface area is 97.8 Å². The quantitative estimate of drug-likeness (QED) is 0.476. The topological polar surface area (TPSA) is 0 Å². The number of unbranched alkanes of at least 4 members (excludes halogenated alkanes) is 3.